The first kappa shape index (κ1) is 11.0. The van der Waals surface area contributed by atoms with Gasteiger partial charge in [-0.25, -0.2) is 9.18 Å². The van der Waals surface area contributed by atoms with Gasteiger partial charge in [-0.05, 0) is 30.4 Å². The van der Waals surface area contributed by atoms with Crippen LogP contribution in [0.1, 0.15) is 22.3 Å². The predicted molar refractivity (Wildman–Crippen MR) is 61.9 cm³/mol. The van der Waals surface area contributed by atoms with Crippen LogP contribution in [0.2, 0.25) is 0 Å². The molecule has 1 saturated heterocycles. The first-order valence-corrected chi connectivity index (χ1v) is 5.82. The van der Waals surface area contributed by atoms with E-state index in [1.165, 1.54) is 12.5 Å². The maximum absolute atomic E-state index is 14.0. The van der Waals surface area contributed by atoms with Gasteiger partial charge in [-0.2, -0.15) is 5.26 Å². The van der Waals surface area contributed by atoms with Crippen molar-refractivity contribution >= 4 is 11.7 Å². The number of rotatable bonds is 2. The average Bonchev–Trinajstić information content (AvgIpc) is 2.95. The quantitative estimate of drug-likeness (QED) is 0.864. The molecule has 0 spiro atoms. The van der Waals surface area contributed by atoms with E-state index in [4.69, 9.17) is 10.4 Å². The first-order valence-electron chi connectivity index (χ1n) is 5.82. The van der Waals surface area contributed by atoms with Crippen molar-refractivity contribution in [1.29, 1.82) is 5.26 Å². The van der Waals surface area contributed by atoms with E-state index in [1.807, 2.05) is 11.0 Å². The number of aromatic carboxylic acids is 1. The molecule has 1 saturated carbocycles. The fourth-order valence-electron chi connectivity index (χ4n) is 2.71. The highest BCUT2D eigenvalue weighted by molar-refractivity contribution is 5.89. The van der Waals surface area contributed by atoms with E-state index in [2.05, 4.69) is 0 Å². The molecule has 2 unspecified atom stereocenters. The normalized spacial score (nSPS) is 24.6. The van der Waals surface area contributed by atoms with Gasteiger partial charge >= 0.3 is 5.97 Å². The first-order chi connectivity index (χ1) is 8.60. The van der Waals surface area contributed by atoms with Crippen LogP contribution < -0.4 is 4.90 Å². The predicted octanol–water partition coefficient (Wildman–Crippen LogP) is 1.85. The topological polar surface area (TPSA) is 64.3 Å². The fraction of sp³-hybridized carbons (Fsp3) is 0.385. The van der Waals surface area contributed by atoms with Gasteiger partial charge in [-0.3, -0.25) is 0 Å². The summed E-state index contributed by atoms with van der Waals surface area (Å²) in [7, 11) is 0. The van der Waals surface area contributed by atoms with Crippen molar-refractivity contribution in [3.63, 3.8) is 0 Å². The molecule has 18 heavy (non-hydrogen) atoms. The Labute approximate surface area is 103 Å². The molecule has 1 heterocycles. The molecule has 2 atom stereocenters. The van der Waals surface area contributed by atoms with Gasteiger partial charge in [0.1, 0.15) is 11.9 Å². The van der Waals surface area contributed by atoms with E-state index in [0.717, 1.165) is 19.2 Å². The Balaban J connectivity index is 2.03. The Morgan fingerprint density at radius 3 is 2.67 bits per heavy atom. The number of carbonyl (C=O) groups is 1. The maximum Gasteiger partial charge on any atom is 0.335 e. The summed E-state index contributed by atoms with van der Waals surface area (Å²) in [5, 5.41) is 17.9. The van der Waals surface area contributed by atoms with Crippen LogP contribution in [0.3, 0.4) is 0 Å². The summed E-state index contributed by atoms with van der Waals surface area (Å²) < 4.78 is 14.0. The van der Waals surface area contributed by atoms with Crippen LogP contribution in [0.5, 0.6) is 0 Å². The van der Waals surface area contributed by atoms with Gasteiger partial charge in [-0.15, -0.1) is 0 Å². The molecule has 0 radical (unpaired) electrons. The smallest absolute Gasteiger partial charge is 0.335 e. The number of nitriles is 1. The van der Waals surface area contributed by atoms with Crippen molar-refractivity contribution in [2.45, 2.75) is 6.42 Å². The summed E-state index contributed by atoms with van der Waals surface area (Å²) in [5.74, 6) is -0.598. The minimum Gasteiger partial charge on any atom is -0.478 e. The standard InChI is InChI=1S/C13H11FN2O2/c14-11-3-7(13(17)18)1-8(4-15)12(11)16-5-9-2-10(9)6-16/h1,3,9-10H,2,5-6H2,(H,17,18). The largest absolute Gasteiger partial charge is 0.478 e. The molecule has 92 valence electrons. The average molecular weight is 246 g/mol. The van der Waals surface area contributed by atoms with Crippen LogP contribution in [0.25, 0.3) is 0 Å². The van der Waals surface area contributed by atoms with E-state index in [1.54, 1.807) is 0 Å². The molecule has 1 aromatic rings. The van der Waals surface area contributed by atoms with Gasteiger partial charge in [0, 0.05) is 13.1 Å². The van der Waals surface area contributed by atoms with E-state index >= 15 is 0 Å². The second-order valence-corrected chi connectivity index (χ2v) is 4.93. The Hall–Kier alpha value is -2.09. The molecular formula is C13H11FN2O2. The molecule has 4 nitrogen and oxygen atoms in total. The van der Waals surface area contributed by atoms with Crippen molar-refractivity contribution in [3.8, 4) is 6.07 Å². The summed E-state index contributed by atoms with van der Waals surface area (Å²) in [4.78, 5) is 12.7. The van der Waals surface area contributed by atoms with E-state index in [-0.39, 0.29) is 16.8 Å². The number of hydrogen-bond acceptors (Lipinski definition) is 3. The molecule has 0 amide bonds. The fourth-order valence-corrected chi connectivity index (χ4v) is 2.71. The maximum atomic E-state index is 14.0. The molecule has 0 bridgehead atoms. The van der Waals surface area contributed by atoms with Gasteiger partial charge in [0.2, 0.25) is 0 Å². The third-order valence-corrected chi connectivity index (χ3v) is 3.73. The molecule has 5 heteroatoms. The van der Waals surface area contributed by atoms with Gasteiger partial charge in [0.05, 0.1) is 16.8 Å². The summed E-state index contributed by atoms with van der Waals surface area (Å²) in [6.45, 7) is 1.53. The second kappa shape index (κ2) is 3.70. The lowest BCUT2D eigenvalue weighted by Crippen LogP contribution is -2.24. The molecule has 2 fully saturated rings. The number of halogens is 1. The number of carboxylic acid groups (broad SMARTS) is 1. The zero-order valence-electron chi connectivity index (χ0n) is 9.56. The zero-order chi connectivity index (χ0) is 12.9. The van der Waals surface area contributed by atoms with Gasteiger partial charge in [0.25, 0.3) is 0 Å². The van der Waals surface area contributed by atoms with Gasteiger partial charge < -0.3 is 10.0 Å². The van der Waals surface area contributed by atoms with E-state index in [9.17, 15) is 9.18 Å². The molecule has 0 aromatic heterocycles. The Bertz CT molecular complexity index is 569. The molecule has 2 aliphatic rings. The molecule has 1 aliphatic carbocycles. The highest BCUT2D eigenvalue weighted by Crippen LogP contribution is 2.47. The molecular weight excluding hydrogens is 235 g/mol. The van der Waals surface area contributed by atoms with Crippen LogP contribution in [-0.2, 0) is 0 Å². The molecule has 1 aromatic carbocycles. The van der Waals surface area contributed by atoms with Crippen molar-refractivity contribution in [2.75, 3.05) is 18.0 Å². The third kappa shape index (κ3) is 1.61. The lowest BCUT2D eigenvalue weighted by atomic mass is 10.1. The number of piperidine rings is 1. The third-order valence-electron chi connectivity index (χ3n) is 3.73. The van der Waals surface area contributed by atoms with Crippen LogP contribution in [0.4, 0.5) is 10.1 Å². The van der Waals surface area contributed by atoms with Crippen LogP contribution in [-0.4, -0.2) is 24.2 Å². The van der Waals surface area contributed by atoms with Crippen LogP contribution in [0, 0.1) is 29.0 Å². The van der Waals surface area contributed by atoms with Crippen LogP contribution >= 0.6 is 0 Å². The van der Waals surface area contributed by atoms with Crippen molar-refractivity contribution in [1.82, 2.24) is 0 Å². The van der Waals surface area contributed by atoms with Crippen LogP contribution in [0.15, 0.2) is 12.1 Å². The van der Waals surface area contributed by atoms with Crippen molar-refractivity contribution in [3.05, 3.63) is 29.1 Å². The lowest BCUT2D eigenvalue weighted by molar-refractivity contribution is 0.0696. The second-order valence-electron chi connectivity index (χ2n) is 4.93. The van der Waals surface area contributed by atoms with Crippen molar-refractivity contribution < 1.29 is 14.3 Å². The summed E-state index contributed by atoms with van der Waals surface area (Å²) in [6, 6.07) is 4.12. The molecule has 1 aliphatic heterocycles. The monoisotopic (exact) mass is 246 g/mol. The number of hydrogen-bond donors (Lipinski definition) is 1. The van der Waals surface area contributed by atoms with E-state index in [0.29, 0.717) is 11.8 Å². The highest BCUT2D eigenvalue weighted by Gasteiger charge is 2.46. The number of fused-ring (bicyclic) bond motifs is 1. The molecule has 3 rings (SSSR count). The summed E-state index contributed by atoms with van der Waals surface area (Å²) in [6.07, 6.45) is 1.19. The Morgan fingerprint density at radius 1 is 1.44 bits per heavy atom. The molecule has 1 N–H and O–H groups in total. The highest BCUT2D eigenvalue weighted by atomic mass is 19.1. The number of carboxylic acids is 1. The minimum atomic E-state index is -1.22. The minimum absolute atomic E-state index is 0.105. The van der Waals surface area contributed by atoms with Gasteiger partial charge in [0.15, 0.2) is 0 Å². The van der Waals surface area contributed by atoms with Gasteiger partial charge in [-0.1, -0.05) is 0 Å². The SMILES string of the molecule is N#Cc1cc(C(=O)O)cc(F)c1N1CC2CC2C1. The van der Waals surface area contributed by atoms with E-state index < -0.39 is 11.8 Å². The zero-order valence-corrected chi connectivity index (χ0v) is 9.56. The van der Waals surface area contributed by atoms with Crippen molar-refractivity contribution in [2.24, 2.45) is 11.8 Å². The summed E-state index contributed by atoms with van der Waals surface area (Å²) >= 11 is 0. The number of anilines is 1. The lowest BCUT2D eigenvalue weighted by Gasteiger charge is -2.22. The summed E-state index contributed by atoms with van der Waals surface area (Å²) in [5.41, 5.74) is 0.181. The Morgan fingerprint density at radius 2 is 2.11 bits per heavy atom. The Kier molecular flexibility index (Phi) is 2.27. The number of nitrogens with zero attached hydrogens (tertiary/aromatic N) is 2. The number of benzene rings is 1.